The fourth-order valence-electron chi connectivity index (χ4n) is 4.07. The van der Waals surface area contributed by atoms with Gasteiger partial charge in [-0.15, -0.1) is 0 Å². The van der Waals surface area contributed by atoms with E-state index in [1.165, 1.54) is 0 Å². The normalized spacial score (nSPS) is 19.1. The van der Waals surface area contributed by atoms with Crippen LogP contribution >= 0.6 is 0 Å². The van der Waals surface area contributed by atoms with Gasteiger partial charge < -0.3 is 19.3 Å². The Balaban J connectivity index is 1.27. The van der Waals surface area contributed by atoms with Gasteiger partial charge in [-0.3, -0.25) is 9.48 Å². The molecule has 160 valence electrons. The van der Waals surface area contributed by atoms with Gasteiger partial charge in [-0.2, -0.15) is 5.10 Å². The van der Waals surface area contributed by atoms with Crippen molar-refractivity contribution in [2.45, 2.75) is 38.3 Å². The number of ether oxygens (including phenoxy) is 2. The number of nitrogens with zero attached hydrogens (tertiary/aromatic N) is 4. The SMILES string of the molecule is Cc1cnn([C@H](C)C(=O)N2CCC3(CC2)CN(CCOc2ccccc2)C(=O)O3)c1. The summed E-state index contributed by atoms with van der Waals surface area (Å²) in [6.07, 6.45) is 4.62. The summed E-state index contributed by atoms with van der Waals surface area (Å²) < 4.78 is 13.2. The smallest absolute Gasteiger partial charge is 0.410 e. The van der Waals surface area contributed by atoms with Gasteiger partial charge in [0.2, 0.25) is 5.91 Å². The predicted molar refractivity (Wildman–Crippen MR) is 110 cm³/mol. The molecule has 8 heteroatoms. The Hall–Kier alpha value is -3.03. The molecule has 2 aliphatic heterocycles. The van der Waals surface area contributed by atoms with Gasteiger partial charge in [0, 0.05) is 32.1 Å². The molecule has 2 aromatic rings. The van der Waals surface area contributed by atoms with Crippen molar-refractivity contribution in [1.29, 1.82) is 0 Å². The summed E-state index contributed by atoms with van der Waals surface area (Å²) in [5.74, 6) is 0.832. The molecule has 1 spiro atoms. The van der Waals surface area contributed by atoms with E-state index in [0.29, 0.717) is 45.6 Å². The van der Waals surface area contributed by atoms with Crippen molar-refractivity contribution in [3.8, 4) is 5.75 Å². The number of aryl methyl sites for hydroxylation is 1. The Morgan fingerprint density at radius 1 is 1.27 bits per heavy atom. The maximum absolute atomic E-state index is 12.8. The van der Waals surface area contributed by atoms with Gasteiger partial charge in [-0.25, -0.2) is 4.79 Å². The average Bonchev–Trinajstić information content (AvgIpc) is 3.31. The molecule has 2 fully saturated rings. The Bertz CT molecular complexity index is 890. The Labute approximate surface area is 176 Å². The highest BCUT2D eigenvalue weighted by molar-refractivity contribution is 5.80. The fourth-order valence-corrected chi connectivity index (χ4v) is 4.07. The van der Waals surface area contributed by atoms with Crippen molar-refractivity contribution in [1.82, 2.24) is 19.6 Å². The number of benzene rings is 1. The maximum Gasteiger partial charge on any atom is 0.410 e. The molecule has 30 heavy (non-hydrogen) atoms. The van der Waals surface area contributed by atoms with Gasteiger partial charge in [0.15, 0.2) is 0 Å². The summed E-state index contributed by atoms with van der Waals surface area (Å²) in [5.41, 5.74) is 0.521. The van der Waals surface area contributed by atoms with Crippen LogP contribution in [0.3, 0.4) is 0 Å². The summed E-state index contributed by atoms with van der Waals surface area (Å²) in [6.45, 7) is 6.41. The molecule has 3 heterocycles. The van der Waals surface area contributed by atoms with Crippen LogP contribution in [0.15, 0.2) is 42.7 Å². The lowest BCUT2D eigenvalue weighted by Crippen LogP contribution is -2.50. The number of piperidine rings is 1. The number of amides is 2. The van der Waals surface area contributed by atoms with E-state index in [0.717, 1.165) is 11.3 Å². The zero-order valence-electron chi connectivity index (χ0n) is 17.5. The molecular formula is C22H28N4O4. The Morgan fingerprint density at radius 2 is 2.00 bits per heavy atom. The minimum absolute atomic E-state index is 0.0467. The lowest BCUT2D eigenvalue weighted by molar-refractivity contribution is -0.138. The van der Waals surface area contributed by atoms with E-state index in [1.54, 1.807) is 15.8 Å². The van der Waals surface area contributed by atoms with Gasteiger partial charge >= 0.3 is 6.09 Å². The first-order valence-corrected chi connectivity index (χ1v) is 10.4. The van der Waals surface area contributed by atoms with Crippen molar-refractivity contribution >= 4 is 12.0 Å². The second-order valence-corrected chi connectivity index (χ2v) is 8.13. The highest BCUT2D eigenvalue weighted by Crippen LogP contribution is 2.33. The summed E-state index contributed by atoms with van der Waals surface area (Å²) >= 11 is 0. The van der Waals surface area contributed by atoms with Crippen LogP contribution < -0.4 is 4.74 Å². The molecule has 0 radical (unpaired) electrons. The number of aromatic nitrogens is 2. The first-order chi connectivity index (χ1) is 14.5. The number of para-hydroxylation sites is 1. The lowest BCUT2D eigenvalue weighted by atomic mass is 9.91. The molecule has 1 aromatic heterocycles. The topological polar surface area (TPSA) is 76.9 Å². The second-order valence-electron chi connectivity index (χ2n) is 8.13. The zero-order valence-corrected chi connectivity index (χ0v) is 17.5. The van der Waals surface area contributed by atoms with Crippen LogP contribution in [0.5, 0.6) is 5.75 Å². The van der Waals surface area contributed by atoms with Crippen molar-refractivity contribution in [2.24, 2.45) is 0 Å². The zero-order chi connectivity index (χ0) is 21.1. The third-order valence-corrected chi connectivity index (χ3v) is 5.89. The number of carbonyl (C=O) groups is 2. The van der Waals surface area contributed by atoms with Gasteiger partial charge in [-0.05, 0) is 31.5 Å². The molecule has 0 aliphatic carbocycles. The summed E-state index contributed by atoms with van der Waals surface area (Å²) in [6, 6.07) is 9.20. The molecule has 2 aliphatic rings. The second kappa shape index (κ2) is 8.38. The quantitative estimate of drug-likeness (QED) is 0.729. The van der Waals surface area contributed by atoms with Crippen molar-refractivity contribution in [3.05, 3.63) is 48.3 Å². The van der Waals surface area contributed by atoms with Gasteiger partial charge in [0.05, 0.1) is 19.3 Å². The van der Waals surface area contributed by atoms with E-state index in [2.05, 4.69) is 5.10 Å². The number of likely N-dealkylation sites (tertiary alicyclic amines) is 1. The molecule has 0 N–H and O–H groups in total. The summed E-state index contributed by atoms with van der Waals surface area (Å²) in [5, 5.41) is 4.25. The lowest BCUT2D eigenvalue weighted by Gasteiger charge is -2.38. The summed E-state index contributed by atoms with van der Waals surface area (Å²) in [4.78, 5) is 28.8. The van der Waals surface area contributed by atoms with E-state index in [-0.39, 0.29) is 18.0 Å². The van der Waals surface area contributed by atoms with Crippen LogP contribution in [-0.2, 0) is 9.53 Å². The Kier molecular flexibility index (Phi) is 5.65. The fraction of sp³-hybridized carbons (Fsp3) is 0.500. The maximum atomic E-state index is 12.8. The standard InChI is InChI=1S/C22H28N4O4/c1-17-14-23-26(15-17)18(2)20(27)24-10-8-22(9-11-24)16-25(21(28)30-22)12-13-29-19-6-4-3-5-7-19/h3-7,14-15,18H,8-13,16H2,1-2H3/t18-/m1/s1. The number of hydrogen-bond donors (Lipinski definition) is 0. The van der Waals surface area contributed by atoms with Crippen molar-refractivity contribution in [2.75, 3.05) is 32.8 Å². The van der Waals surface area contributed by atoms with Crippen LogP contribution in [0, 0.1) is 6.92 Å². The van der Waals surface area contributed by atoms with E-state index in [4.69, 9.17) is 9.47 Å². The molecular weight excluding hydrogens is 384 g/mol. The number of carbonyl (C=O) groups excluding carboxylic acids is 2. The minimum atomic E-state index is -0.508. The number of hydrogen-bond acceptors (Lipinski definition) is 5. The van der Waals surface area contributed by atoms with Crippen molar-refractivity contribution in [3.63, 3.8) is 0 Å². The molecule has 0 unspecified atom stereocenters. The van der Waals surface area contributed by atoms with E-state index in [1.807, 2.05) is 55.3 Å². The molecule has 1 aromatic carbocycles. The first-order valence-electron chi connectivity index (χ1n) is 10.4. The average molecular weight is 412 g/mol. The van der Waals surface area contributed by atoms with Gasteiger partial charge in [-0.1, -0.05) is 18.2 Å². The third kappa shape index (κ3) is 4.27. The molecule has 2 saturated heterocycles. The molecule has 0 bridgehead atoms. The molecule has 4 rings (SSSR count). The highest BCUT2D eigenvalue weighted by Gasteiger charge is 2.47. The third-order valence-electron chi connectivity index (χ3n) is 5.89. The van der Waals surface area contributed by atoms with Gasteiger partial charge in [0.25, 0.3) is 0 Å². The predicted octanol–water partition coefficient (Wildman–Crippen LogP) is 2.64. The molecule has 1 atom stereocenters. The van der Waals surface area contributed by atoms with Gasteiger partial charge in [0.1, 0.15) is 24.0 Å². The van der Waals surface area contributed by atoms with Crippen LogP contribution in [0.2, 0.25) is 0 Å². The van der Waals surface area contributed by atoms with Crippen LogP contribution in [0.1, 0.15) is 31.4 Å². The monoisotopic (exact) mass is 412 g/mol. The van der Waals surface area contributed by atoms with Crippen LogP contribution in [0.4, 0.5) is 4.79 Å². The van der Waals surface area contributed by atoms with Crippen LogP contribution in [-0.4, -0.2) is 70.0 Å². The summed E-state index contributed by atoms with van der Waals surface area (Å²) in [7, 11) is 0. The van der Waals surface area contributed by atoms with Crippen LogP contribution in [0.25, 0.3) is 0 Å². The Morgan fingerprint density at radius 3 is 2.67 bits per heavy atom. The van der Waals surface area contributed by atoms with E-state index >= 15 is 0 Å². The highest BCUT2D eigenvalue weighted by atomic mass is 16.6. The molecule has 0 saturated carbocycles. The molecule has 8 nitrogen and oxygen atoms in total. The van der Waals surface area contributed by atoms with E-state index in [9.17, 15) is 9.59 Å². The first kappa shape index (κ1) is 20.3. The van der Waals surface area contributed by atoms with Crippen molar-refractivity contribution < 1.29 is 19.1 Å². The molecule has 2 amide bonds. The minimum Gasteiger partial charge on any atom is -0.492 e. The number of rotatable bonds is 6. The van der Waals surface area contributed by atoms with E-state index < -0.39 is 5.60 Å². The largest absolute Gasteiger partial charge is 0.492 e.